The Morgan fingerprint density at radius 1 is 0.962 bits per heavy atom. The largest absolute Gasteiger partial charge is 0.467 e. The van der Waals surface area contributed by atoms with Gasteiger partial charge in [0.05, 0.1) is 7.11 Å². The standard InChI is InChI=1S/C19H38N4O3/c1-3-4-5-6-7-8-9-10-11-14-17(24)23-16(18(25)26-2)13-12-15-22-19(20)21/h16H,3-15H2,1-2H3,(H,23,24)(H4,20,21,22)/t16-/m1/s1. The van der Waals surface area contributed by atoms with Gasteiger partial charge < -0.3 is 21.5 Å². The lowest BCUT2D eigenvalue weighted by atomic mass is 10.1. The predicted octanol–water partition coefficient (Wildman–Crippen LogP) is 2.62. The molecule has 0 saturated heterocycles. The van der Waals surface area contributed by atoms with Crippen molar-refractivity contribution in [2.24, 2.45) is 16.5 Å². The van der Waals surface area contributed by atoms with Crippen molar-refractivity contribution < 1.29 is 14.3 Å². The number of aliphatic imine (C=N–C) groups is 1. The van der Waals surface area contributed by atoms with E-state index >= 15 is 0 Å². The number of methoxy groups -OCH3 is 1. The SMILES string of the molecule is CCCCCCCCCCCC(=O)N[C@H](CCCN=C(N)N)C(=O)OC. The fraction of sp³-hybridized carbons (Fsp3) is 0.842. The van der Waals surface area contributed by atoms with Crippen molar-refractivity contribution in [1.82, 2.24) is 5.32 Å². The molecular formula is C19H38N4O3. The van der Waals surface area contributed by atoms with E-state index < -0.39 is 12.0 Å². The molecule has 0 aromatic heterocycles. The van der Waals surface area contributed by atoms with E-state index in [1.165, 1.54) is 52.1 Å². The number of unbranched alkanes of at least 4 members (excludes halogenated alkanes) is 8. The molecule has 0 fully saturated rings. The van der Waals surface area contributed by atoms with Crippen molar-refractivity contribution in [1.29, 1.82) is 0 Å². The monoisotopic (exact) mass is 370 g/mol. The van der Waals surface area contributed by atoms with Crippen LogP contribution in [0.25, 0.3) is 0 Å². The zero-order valence-electron chi connectivity index (χ0n) is 16.6. The van der Waals surface area contributed by atoms with Crippen LogP contribution in [-0.2, 0) is 14.3 Å². The second-order valence-corrected chi connectivity index (χ2v) is 6.67. The van der Waals surface area contributed by atoms with Crippen molar-refractivity contribution >= 4 is 17.8 Å². The quantitative estimate of drug-likeness (QED) is 0.167. The molecule has 0 aliphatic rings. The van der Waals surface area contributed by atoms with Crippen LogP contribution in [0.15, 0.2) is 4.99 Å². The summed E-state index contributed by atoms with van der Waals surface area (Å²) in [6, 6.07) is -0.639. The average Bonchev–Trinajstić information content (AvgIpc) is 2.62. The van der Waals surface area contributed by atoms with Gasteiger partial charge in [-0.3, -0.25) is 9.79 Å². The summed E-state index contributed by atoms with van der Waals surface area (Å²) in [4.78, 5) is 27.7. The molecule has 0 aliphatic heterocycles. The molecule has 0 saturated carbocycles. The third-order valence-corrected chi connectivity index (χ3v) is 4.27. The van der Waals surface area contributed by atoms with Crippen LogP contribution < -0.4 is 16.8 Å². The molecule has 26 heavy (non-hydrogen) atoms. The van der Waals surface area contributed by atoms with Gasteiger partial charge in [0.25, 0.3) is 0 Å². The molecule has 0 aromatic rings. The molecule has 0 spiro atoms. The molecule has 0 aliphatic carbocycles. The van der Waals surface area contributed by atoms with Crippen LogP contribution in [0.5, 0.6) is 0 Å². The van der Waals surface area contributed by atoms with Gasteiger partial charge in [-0.25, -0.2) is 4.79 Å². The number of nitrogens with zero attached hydrogens (tertiary/aromatic N) is 1. The van der Waals surface area contributed by atoms with Gasteiger partial charge in [-0.15, -0.1) is 0 Å². The Labute approximate surface area is 158 Å². The van der Waals surface area contributed by atoms with Crippen LogP contribution in [0.2, 0.25) is 0 Å². The minimum Gasteiger partial charge on any atom is -0.467 e. The molecule has 0 bridgehead atoms. The van der Waals surface area contributed by atoms with Gasteiger partial charge in [0.2, 0.25) is 5.91 Å². The van der Waals surface area contributed by atoms with Gasteiger partial charge in [-0.2, -0.15) is 0 Å². The van der Waals surface area contributed by atoms with E-state index in [4.69, 9.17) is 16.2 Å². The van der Waals surface area contributed by atoms with Crippen molar-refractivity contribution in [3.63, 3.8) is 0 Å². The van der Waals surface area contributed by atoms with Gasteiger partial charge in [0.15, 0.2) is 5.96 Å². The Balaban J connectivity index is 3.88. The van der Waals surface area contributed by atoms with E-state index in [0.29, 0.717) is 25.8 Å². The number of nitrogens with one attached hydrogen (secondary N) is 1. The first kappa shape index (κ1) is 24.2. The highest BCUT2D eigenvalue weighted by atomic mass is 16.5. The first-order valence-corrected chi connectivity index (χ1v) is 9.93. The molecular weight excluding hydrogens is 332 g/mol. The molecule has 0 aromatic carbocycles. The van der Waals surface area contributed by atoms with E-state index in [9.17, 15) is 9.59 Å². The van der Waals surface area contributed by atoms with Crippen LogP contribution in [0.4, 0.5) is 0 Å². The number of hydrogen-bond donors (Lipinski definition) is 3. The number of nitrogens with two attached hydrogens (primary N) is 2. The molecule has 5 N–H and O–H groups in total. The zero-order valence-corrected chi connectivity index (χ0v) is 16.6. The summed E-state index contributed by atoms with van der Waals surface area (Å²) >= 11 is 0. The van der Waals surface area contributed by atoms with Gasteiger partial charge >= 0.3 is 5.97 Å². The second-order valence-electron chi connectivity index (χ2n) is 6.67. The van der Waals surface area contributed by atoms with Crippen LogP contribution in [0.1, 0.15) is 84.0 Å². The highest BCUT2D eigenvalue weighted by Gasteiger charge is 2.20. The topological polar surface area (TPSA) is 120 Å². The van der Waals surface area contributed by atoms with E-state index in [1.54, 1.807) is 0 Å². The van der Waals surface area contributed by atoms with Crippen molar-refractivity contribution in [3.8, 4) is 0 Å². The number of amides is 1. The summed E-state index contributed by atoms with van der Waals surface area (Å²) in [6.45, 7) is 2.64. The maximum Gasteiger partial charge on any atom is 0.328 e. The fourth-order valence-electron chi connectivity index (χ4n) is 2.76. The molecule has 0 radical (unpaired) electrons. The Bertz CT molecular complexity index is 410. The van der Waals surface area contributed by atoms with E-state index in [-0.39, 0.29) is 11.9 Å². The smallest absolute Gasteiger partial charge is 0.328 e. The first-order valence-electron chi connectivity index (χ1n) is 9.93. The van der Waals surface area contributed by atoms with Crippen molar-refractivity contribution in [3.05, 3.63) is 0 Å². The minimum absolute atomic E-state index is 0.0222. The van der Waals surface area contributed by atoms with E-state index in [1.807, 2.05) is 0 Å². The molecule has 0 heterocycles. The average molecular weight is 371 g/mol. The lowest BCUT2D eigenvalue weighted by Gasteiger charge is -2.16. The highest BCUT2D eigenvalue weighted by molar-refractivity contribution is 5.84. The third kappa shape index (κ3) is 14.5. The van der Waals surface area contributed by atoms with Gasteiger partial charge in [-0.05, 0) is 19.3 Å². The molecule has 1 atom stereocenters. The minimum atomic E-state index is -0.639. The Morgan fingerprint density at radius 2 is 1.54 bits per heavy atom. The summed E-state index contributed by atoms with van der Waals surface area (Å²) in [5, 5.41) is 2.76. The number of carbonyl (C=O) groups is 2. The van der Waals surface area contributed by atoms with Gasteiger partial charge in [-0.1, -0.05) is 58.3 Å². The van der Waals surface area contributed by atoms with Crippen molar-refractivity contribution in [2.45, 2.75) is 90.0 Å². The van der Waals surface area contributed by atoms with Crippen LogP contribution in [0, 0.1) is 0 Å². The Morgan fingerprint density at radius 3 is 2.08 bits per heavy atom. The molecule has 7 nitrogen and oxygen atoms in total. The maximum absolute atomic E-state index is 12.0. The van der Waals surface area contributed by atoms with Crippen molar-refractivity contribution in [2.75, 3.05) is 13.7 Å². The molecule has 0 unspecified atom stereocenters. The fourth-order valence-corrected chi connectivity index (χ4v) is 2.76. The van der Waals surface area contributed by atoms with Crippen LogP contribution in [-0.4, -0.2) is 37.5 Å². The summed E-state index contributed by atoms with van der Waals surface area (Å²) in [6.07, 6.45) is 12.3. The maximum atomic E-state index is 12.0. The lowest BCUT2D eigenvalue weighted by Crippen LogP contribution is -2.41. The van der Waals surface area contributed by atoms with E-state index in [2.05, 4.69) is 17.2 Å². The lowest BCUT2D eigenvalue weighted by molar-refractivity contribution is -0.145. The van der Waals surface area contributed by atoms with Crippen LogP contribution >= 0.6 is 0 Å². The summed E-state index contributed by atoms with van der Waals surface area (Å²) in [5.74, 6) is -0.519. The third-order valence-electron chi connectivity index (χ3n) is 4.27. The van der Waals surface area contributed by atoms with Gasteiger partial charge in [0, 0.05) is 13.0 Å². The first-order chi connectivity index (χ1) is 12.5. The molecule has 152 valence electrons. The summed E-state index contributed by atoms with van der Waals surface area (Å²) in [5.41, 5.74) is 10.5. The predicted molar refractivity (Wildman–Crippen MR) is 106 cm³/mol. The number of rotatable bonds is 16. The number of carbonyl (C=O) groups excluding carboxylic acids is 2. The molecule has 7 heteroatoms. The van der Waals surface area contributed by atoms with Gasteiger partial charge in [0.1, 0.15) is 6.04 Å². The summed E-state index contributed by atoms with van der Waals surface area (Å²) in [7, 11) is 1.32. The normalized spacial score (nSPS) is 11.6. The Hall–Kier alpha value is -1.79. The number of ether oxygens (including phenoxy) is 1. The summed E-state index contributed by atoms with van der Waals surface area (Å²) < 4.78 is 4.75. The van der Waals surface area contributed by atoms with E-state index in [0.717, 1.165) is 12.8 Å². The molecule has 0 rings (SSSR count). The number of guanidine groups is 1. The highest BCUT2D eigenvalue weighted by Crippen LogP contribution is 2.10. The number of esters is 1. The number of hydrogen-bond acceptors (Lipinski definition) is 4. The van der Waals surface area contributed by atoms with Crippen LogP contribution in [0.3, 0.4) is 0 Å². The molecule has 1 amide bonds. The zero-order chi connectivity index (χ0) is 19.6. The second kappa shape index (κ2) is 16.7. The Kier molecular flexibility index (Phi) is 15.5.